The Balaban J connectivity index is -0.0000000225. The first-order valence-electron chi connectivity index (χ1n) is 4.08. The number of ether oxygens (including phenoxy) is 4. The average molecular weight is 372 g/mol. The highest BCUT2D eigenvalue weighted by molar-refractivity contribution is 5.54. The van der Waals surface area contributed by atoms with Crippen LogP contribution >= 0.6 is 0 Å². The van der Waals surface area contributed by atoms with E-state index in [1.54, 1.807) is 0 Å². The van der Waals surface area contributed by atoms with Crippen molar-refractivity contribution >= 4 is 24.6 Å². The quantitative estimate of drug-likeness (QED) is 0.251. The molecular formula is C8H28N4O12. The third kappa shape index (κ3) is 251. The second-order valence-corrected chi connectivity index (χ2v) is 1.82. The fourth-order valence-corrected chi connectivity index (χ4v) is 0. The zero-order chi connectivity index (χ0) is 17.1. The fraction of sp³-hybridized carbons (Fsp3) is 0.500. The zero-order valence-electron chi connectivity index (χ0n) is 14.9. The van der Waals surface area contributed by atoms with Gasteiger partial charge in [0.15, 0.2) is 0 Å². The molecule has 16 heteroatoms. The van der Waals surface area contributed by atoms with Crippen molar-refractivity contribution < 1.29 is 58.6 Å². The van der Waals surface area contributed by atoms with Gasteiger partial charge in [-0.1, -0.05) is 0 Å². The molecule has 0 rings (SSSR count). The Morgan fingerprint density at radius 3 is 0.500 bits per heavy atom. The van der Waals surface area contributed by atoms with E-state index in [-0.39, 0.29) is 24.6 Å². The SMILES string of the molecule is COC(=O)[O-].COC(=O)[O-].COC(=O)[O-].COC(=O)[O-].[NH4+].[NH4+].[NH4+].[NH4+]. The summed E-state index contributed by atoms with van der Waals surface area (Å²) in [5, 5.41) is 36.1. The van der Waals surface area contributed by atoms with Gasteiger partial charge in [-0.3, -0.25) is 0 Å². The molecule has 0 aromatic rings. The van der Waals surface area contributed by atoms with E-state index in [0.717, 1.165) is 28.4 Å². The van der Waals surface area contributed by atoms with Crippen molar-refractivity contribution in [3.63, 3.8) is 0 Å². The molecule has 0 aromatic carbocycles. The van der Waals surface area contributed by atoms with Gasteiger partial charge in [0.2, 0.25) is 0 Å². The smallest absolute Gasteiger partial charge is 0.251 e. The van der Waals surface area contributed by atoms with Crippen molar-refractivity contribution in [2.75, 3.05) is 28.4 Å². The van der Waals surface area contributed by atoms with Gasteiger partial charge in [0.05, 0.1) is 0 Å². The molecule has 0 fully saturated rings. The van der Waals surface area contributed by atoms with Gasteiger partial charge < -0.3 is 83.2 Å². The lowest BCUT2D eigenvalue weighted by Gasteiger charge is -1.92. The summed E-state index contributed by atoms with van der Waals surface area (Å²) < 4.78 is 14.2. The molecule has 24 heavy (non-hydrogen) atoms. The van der Waals surface area contributed by atoms with Crippen LogP contribution in [0.2, 0.25) is 0 Å². The van der Waals surface area contributed by atoms with Crippen LogP contribution in [0.5, 0.6) is 0 Å². The Hall–Kier alpha value is -3.08. The summed E-state index contributed by atoms with van der Waals surface area (Å²) in [7, 11) is 4.15. The van der Waals surface area contributed by atoms with E-state index >= 15 is 0 Å². The van der Waals surface area contributed by atoms with Crippen molar-refractivity contribution in [3.05, 3.63) is 0 Å². The molecule has 0 unspecified atom stereocenters. The maximum Gasteiger partial charge on any atom is 0.251 e. The molecule has 0 aliphatic heterocycles. The lowest BCUT2D eigenvalue weighted by Crippen LogP contribution is -2.21. The summed E-state index contributed by atoms with van der Waals surface area (Å²) in [4.78, 5) is 36.1. The van der Waals surface area contributed by atoms with E-state index in [0.29, 0.717) is 0 Å². The summed E-state index contributed by atoms with van der Waals surface area (Å²) in [5.41, 5.74) is 0. The molecular weight excluding hydrogens is 344 g/mol. The minimum Gasteiger partial charge on any atom is -0.553 e. The third-order valence-electron chi connectivity index (χ3n) is 0.667. The molecule has 152 valence electrons. The van der Waals surface area contributed by atoms with Crippen LogP contribution in [0.1, 0.15) is 0 Å². The number of carbonyl (C=O) groups excluding carboxylic acids is 4. The molecule has 0 bridgehead atoms. The lowest BCUT2D eigenvalue weighted by molar-refractivity contribution is -0.280. The van der Waals surface area contributed by atoms with E-state index < -0.39 is 24.6 Å². The van der Waals surface area contributed by atoms with Crippen LogP contribution in [0.15, 0.2) is 0 Å². The van der Waals surface area contributed by atoms with Crippen molar-refractivity contribution in [1.29, 1.82) is 0 Å². The molecule has 16 nitrogen and oxygen atoms in total. The number of quaternary nitrogens is 4. The van der Waals surface area contributed by atoms with Crippen LogP contribution in [-0.4, -0.2) is 53.1 Å². The average Bonchev–Trinajstić information content (AvgIpc) is 2.40. The minimum atomic E-state index is -1.50. The molecule has 0 amide bonds. The monoisotopic (exact) mass is 372 g/mol. The molecule has 0 radical (unpaired) electrons. The molecule has 0 saturated heterocycles. The predicted molar refractivity (Wildman–Crippen MR) is 73.6 cm³/mol. The summed E-state index contributed by atoms with van der Waals surface area (Å²) in [6.45, 7) is 0. The van der Waals surface area contributed by atoms with Gasteiger partial charge in [-0.15, -0.1) is 0 Å². The molecule has 0 spiro atoms. The molecule has 0 saturated carbocycles. The first-order valence-corrected chi connectivity index (χ1v) is 4.08. The molecule has 0 aliphatic rings. The number of carboxylic acid groups (broad SMARTS) is 4. The van der Waals surface area contributed by atoms with Crippen molar-refractivity contribution in [3.8, 4) is 0 Å². The van der Waals surface area contributed by atoms with Crippen LogP contribution in [0.3, 0.4) is 0 Å². The van der Waals surface area contributed by atoms with Crippen LogP contribution < -0.4 is 45.0 Å². The lowest BCUT2D eigenvalue weighted by atomic mass is 11.4. The second-order valence-electron chi connectivity index (χ2n) is 1.82. The predicted octanol–water partition coefficient (Wildman–Crippen LogP) is -2.59. The Morgan fingerprint density at radius 2 is 0.500 bits per heavy atom. The standard InChI is InChI=1S/4C2H4O3.4H3N/c4*1-5-2(3)4;;;;/h4*1H3,(H,3,4);4*1H3. The largest absolute Gasteiger partial charge is 0.553 e. The number of hydrogen-bond acceptors (Lipinski definition) is 12. The summed E-state index contributed by atoms with van der Waals surface area (Å²) in [6.07, 6.45) is -5.98. The normalized spacial score (nSPS) is 5.50. The Kier molecular flexibility index (Phi) is 88.5. The second kappa shape index (κ2) is 42.7. The van der Waals surface area contributed by atoms with Gasteiger partial charge in [-0.25, -0.2) is 0 Å². The van der Waals surface area contributed by atoms with Crippen LogP contribution in [0, 0.1) is 0 Å². The first-order chi connectivity index (χ1) is 9.08. The van der Waals surface area contributed by atoms with Crippen molar-refractivity contribution in [2.45, 2.75) is 0 Å². The number of hydrogen-bond donors (Lipinski definition) is 4. The highest BCUT2D eigenvalue weighted by Crippen LogP contribution is 1.54. The zero-order valence-corrected chi connectivity index (χ0v) is 14.9. The van der Waals surface area contributed by atoms with E-state index in [4.69, 9.17) is 39.6 Å². The summed E-state index contributed by atoms with van der Waals surface area (Å²) in [6, 6.07) is 0. The van der Waals surface area contributed by atoms with Crippen LogP contribution in [0.25, 0.3) is 0 Å². The Labute approximate surface area is 137 Å². The topological polar surface area (TPSA) is 343 Å². The molecule has 0 atom stereocenters. The van der Waals surface area contributed by atoms with Gasteiger partial charge in [0, 0.05) is 28.4 Å². The molecule has 0 aromatic heterocycles. The first kappa shape index (κ1) is 49.7. The van der Waals surface area contributed by atoms with Gasteiger partial charge in [-0.2, -0.15) is 0 Å². The fourth-order valence-electron chi connectivity index (χ4n) is 0. The summed E-state index contributed by atoms with van der Waals surface area (Å²) >= 11 is 0. The number of carbonyl (C=O) groups is 4. The Morgan fingerprint density at radius 1 is 0.458 bits per heavy atom. The Bertz CT molecular complexity index is 232. The highest BCUT2D eigenvalue weighted by atomic mass is 16.7. The van der Waals surface area contributed by atoms with E-state index in [2.05, 4.69) is 18.9 Å². The maximum absolute atomic E-state index is 9.03. The van der Waals surface area contributed by atoms with Gasteiger partial charge in [0.1, 0.15) is 0 Å². The summed E-state index contributed by atoms with van der Waals surface area (Å²) in [5.74, 6) is 0. The highest BCUT2D eigenvalue weighted by Gasteiger charge is 1.64. The molecule has 0 aliphatic carbocycles. The molecule has 0 heterocycles. The minimum absolute atomic E-state index is 0. The van der Waals surface area contributed by atoms with Crippen molar-refractivity contribution in [2.24, 2.45) is 0 Å². The van der Waals surface area contributed by atoms with Gasteiger partial charge in [-0.05, 0) is 0 Å². The third-order valence-corrected chi connectivity index (χ3v) is 0.667. The number of rotatable bonds is 0. The van der Waals surface area contributed by atoms with E-state index in [9.17, 15) is 0 Å². The van der Waals surface area contributed by atoms with Crippen LogP contribution in [-0.2, 0) is 18.9 Å². The van der Waals surface area contributed by atoms with E-state index in [1.807, 2.05) is 0 Å². The van der Waals surface area contributed by atoms with Gasteiger partial charge >= 0.3 is 0 Å². The molecule has 16 N–H and O–H groups in total. The van der Waals surface area contributed by atoms with Crippen LogP contribution in [0.4, 0.5) is 19.2 Å². The maximum atomic E-state index is 9.03. The number of methoxy groups -OCH3 is 4. The van der Waals surface area contributed by atoms with Gasteiger partial charge in [0.25, 0.3) is 24.6 Å². The van der Waals surface area contributed by atoms with Crippen molar-refractivity contribution in [1.82, 2.24) is 24.6 Å². The van der Waals surface area contributed by atoms with E-state index in [1.165, 1.54) is 0 Å².